The number of aromatic nitrogens is 2. The quantitative estimate of drug-likeness (QED) is 0.572. The molecule has 1 heterocycles. The summed E-state index contributed by atoms with van der Waals surface area (Å²) in [5, 5.41) is 9.50. The van der Waals surface area contributed by atoms with Crippen molar-refractivity contribution in [3.8, 4) is 0 Å². The van der Waals surface area contributed by atoms with Crippen LogP contribution in [-0.4, -0.2) is 41.0 Å². The van der Waals surface area contributed by atoms with Gasteiger partial charge in [0.25, 0.3) is 0 Å². The third-order valence-electron chi connectivity index (χ3n) is 2.19. The molecule has 90 valence electrons. The van der Waals surface area contributed by atoms with Crippen LogP contribution < -0.4 is 10.6 Å². The summed E-state index contributed by atoms with van der Waals surface area (Å²) in [6, 6.07) is 1.76. The SMILES string of the molecule is CCN(CCCO)c1cc(N)nc(SC)n1. The largest absolute Gasteiger partial charge is 0.396 e. The highest BCUT2D eigenvalue weighted by Crippen LogP contribution is 2.18. The Hall–Kier alpha value is -1.01. The highest BCUT2D eigenvalue weighted by Gasteiger charge is 2.08. The van der Waals surface area contributed by atoms with Crippen molar-refractivity contribution < 1.29 is 5.11 Å². The van der Waals surface area contributed by atoms with E-state index in [2.05, 4.69) is 21.8 Å². The van der Waals surface area contributed by atoms with Crippen LogP contribution in [0.2, 0.25) is 0 Å². The number of aliphatic hydroxyl groups excluding tert-OH is 1. The number of nitrogens with zero attached hydrogens (tertiary/aromatic N) is 3. The first kappa shape index (κ1) is 13.1. The minimum atomic E-state index is 0.187. The minimum absolute atomic E-state index is 0.187. The van der Waals surface area contributed by atoms with Crippen LogP contribution in [0.15, 0.2) is 11.2 Å². The molecule has 0 atom stereocenters. The molecule has 0 aliphatic heterocycles. The molecular weight excluding hydrogens is 224 g/mol. The van der Waals surface area contributed by atoms with E-state index in [1.165, 1.54) is 11.8 Å². The molecule has 0 bridgehead atoms. The summed E-state index contributed by atoms with van der Waals surface area (Å²) in [7, 11) is 0. The lowest BCUT2D eigenvalue weighted by atomic mass is 10.3. The van der Waals surface area contributed by atoms with E-state index in [4.69, 9.17) is 10.8 Å². The molecule has 0 saturated carbocycles. The molecule has 0 aliphatic rings. The summed E-state index contributed by atoms with van der Waals surface area (Å²) in [6.45, 7) is 3.85. The van der Waals surface area contributed by atoms with Crippen molar-refractivity contribution >= 4 is 23.4 Å². The lowest BCUT2D eigenvalue weighted by Gasteiger charge is -2.21. The van der Waals surface area contributed by atoms with Gasteiger partial charge in [0.15, 0.2) is 5.16 Å². The first-order chi connectivity index (χ1) is 7.71. The molecule has 6 heteroatoms. The van der Waals surface area contributed by atoms with Crippen LogP contribution >= 0.6 is 11.8 Å². The highest BCUT2D eigenvalue weighted by atomic mass is 32.2. The fourth-order valence-electron chi connectivity index (χ4n) is 1.38. The molecule has 0 spiro atoms. The van der Waals surface area contributed by atoms with Gasteiger partial charge in [-0.25, -0.2) is 9.97 Å². The van der Waals surface area contributed by atoms with Crippen LogP contribution in [0.3, 0.4) is 0 Å². The molecule has 0 radical (unpaired) electrons. The molecule has 0 amide bonds. The van der Waals surface area contributed by atoms with Gasteiger partial charge < -0.3 is 15.7 Å². The zero-order chi connectivity index (χ0) is 12.0. The Morgan fingerprint density at radius 2 is 2.25 bits per heavy atom. The second-order valence-electron chi connectivity index (χ2n) is 3.29. The molecule has 3 N–H and O–H groups in total. The second kappa shape index (κ2) is 6.55. The van der Waals surface area contributed by atoms with Gasteiger partial charge in [-0.05, 0) is 19.6 Å². The average Bonchev–Trinajstić information content (AvgIpc) is 2.29. The van der Waals surface area contributed by atoms with E-state index in [0.717, 1.165) is 25.3 Å². The van der Waals surface area contributed by atoms with Crippen molar-refractivity contribution in [1.29, 1.82) is 0 Å². The van der Waals surface area contributed by atoms with Crippen molar-refractivity contribution in [2.45, 2.75) is 18.5 Å². The molecule has 0 unspecified atom stereocenters. The molecule has 0 saturated heterocycles. The number of hydrogen-bond acceptors (Lipinski definition) is 6. The van der Waals surface area contributed by atoms with Gasteiger partial charge in [-0.2, -0.15) is 0 Å². The van der Waals surface area contributed by atoms with Gasteiger partial charge in [0, 0.05) is 25.8 Å². The Kier molecular flexibility index (Phi) is 5.34. The predicted octanol–water partition coefficient (Wildman–Crippen LogP) is 0.989. The summed E-state index contributed by atoms with van der Waals surface area (Å²) < 4.78 is 0. The monoisotopic (exact) mass is 242 g/mol. The normalized spacial score (nSPS) is 10.4. The zero-order valence-corrected chi connectivity index (χ0v) is 10.5. The summed E-state index contributed by atoms with van der Waals surface area (Å²) in [5.74, 6) is 1.31. The Bertz CT molecular complexity index is 335. The number of rotatable bonds is 6. The first-order valence-corrected chi connectivity index (χ1v) is 6.48. The van der Waals surface area contributed by atoms with Gasteiger partial charge >= 0.3 is 0 Å². The molecule has 1 rings (SSSR count). The molecular formula is C10H18N4OS. The lowest BCUT2D eigenvalue weighted by molar-refractivity contribution is 0.289. The van der Waals surface area contributed by atoms with Gasteiger partial charge in [-0.15, -0.1) is 0 Å². The van der Waals surface area contributed by atoms with Crippen LogP contribution in [0.1, 0.15) is 13.3 Å². The highest BCUT2D eigenvalue weighted by molar-refractivity contribution is 7.98. The van der Waals surface area contributed by atoms with E-state index in [-0.39, 0.29) is 6.61 Å². The average molecular weight is 242 g/mol. The summed E-state index contributed by atoms with van der Waals surface area (Å²) in [5.41, 5.74) is 5.72. The fourth-order valence-corrected chi connectivity index (χ4v) is 1.76. The maximum atomic E-state index is 8.82. The van der Waals surface area contributed by atoms with Crippen LogP contribution in [0, 0.1) is 0 Å². The number of nitrogens with two attached hydrogens (primary N) is 1. The molecule has 5 nitrogen and oxygen atoms in total. The Morgan fingerprint density at radius 3 is 2.81 bits per heavy atom. The molecule has 0 aliphatic carbocycles. The van der Waals surface area contributed by atoms with Gasteiger partial charge in [0.1, 0.15) is 11.6 Å². The number of anilines is 2. The molecule has 0 fully saturated rings. The number of aliphatic hydroxyl groups is 1. The standard InChI is InChI=1S/C10H18N4OS/c1-3-14(5-4-6-15)9-7-8(11)12-10(13-9)16-2/h7,15H,3-6H2,1-2H3,(H2,11,12,13). The number of hydrogen-bond donors (Lipinski definition) is 2. The van der Waals surface area contributed by atoms with Crippen LogP contribution in [-0.2, 0) is 0 Å². The van der Waals surface area contributed by atoms with Crippen LogP contribution in [0.4, 0.5) is 11.6 Å². The van der Waals surface area contributed by atoms with Gasteiger partial charge in [0.2, 0.25) is 0 Å². The van der Waals surface area contributed by atoms with E-state index < -0.39 is 0 Å². The van der Waals surface area contributed by atoms with Gasteiger partial charge in [-0.3, -0.25) is 0 Å². The van der Waals surface area contributed by atoms with Crippen molar-refractivity contribution in [3.63, 3.8) is 0 Å². The van der Waals surface area contributed by atoms with E-state index >= 15 is 0 Å². The Balaban J connectivity index is 2.86. The molecule has 1 aromatic heterocycles. The Labute approximate surface area is 100 Å². The molecule has 1 aromatic rings. The fraction of sp³-hybridized carbons (Fsp3) is 0.600. The lowest BCUT2D eigenvalue weighted by Crippen LogP contribution is -2.26. The minimum Gasteiger partial charge on any atom is -0.396 e. The van der Waals surface area contributed by atoms with E-state index in [1.807, 2.05) is 6.26 Å². The van der Waals surface area contributed by atoms with Gasteiger partial charge in [0.05, 0.1) is 0 Å². The third kappa shape index (κ3) is 3.53. The molecule has 16 heavy (non-hydrogen) atoms. The topological polar surface area (TPSA) is 75.3 Å². The second-order valence-corrected chi connectivity index (χ2v) is 4.07. The van der Waals surface area contributed by atoms with E-state index in [0.29, 0.717) is 11.0 Å². The van der Waals surface area contributed by atoms with Crippen molar-refractivity contribution in [3.05, 3.63) is 6.07 Å². The summed E-state index contributed by atoms with van der Waals surface area (Å²) in [6.07, 6.45) is 2.65. The smallest absolute Gasteiger partial charge is 0.191 e. The van der Waals surface area contributed by atoms with Crippen LogP contribution in [0.5, 0.6) is 0 Å². The van der Waals surface area contributed by atoms with Crippen molar-refractivity contribution in [2.75, 3.05) is 36.6 Å². The first-order valence-electron chi connectivity index (χ1n) is 5.25. The van der Waals surface area contributed by atoms with E-state index in [9.17, 15) is 0 Å². The maximum Gasteiger partial charge on any atom is 0.191 e. The van der Waals surface area contributed by atoms with Gasteiger partial charge in [-0.1, -0.05) is 11.8 Å². The zero-order valence-electron chi connectivity index (χ0n) is 9.68. The van der Waals surface area contributed by atoms with E-state index in [1.54, 1.807) is 6.07 Å². The van der Waals surface area contributed by atoms with Crippen LogP contribution in [0.25, 0.3) is 0 Å². The predicted molar refractivity (Wildman–Crippen MR) is 67.8 cm³/mol. The number of nitrogen functional groups attached to an aromatic ring is 1. The molecule has 0 aromatic carbocycles. The van der Waals surface area contributed by atoms with Crippen molar-refractivity contribution in [1.82, 2.24) is 9.97 Å². The summed E-state index contributed by atoms with van der Waals surface area (Å²) in [4.78, 5) is 10.6. The third-order valence-corrected chi connectivity index (χ3v) is 2.73. The summed E-state index contributed by atoms with van der Waals surface area (Å²) >= 11 is 1.47. The van der Waals surface area contributed by atoms with Crippen molar-refractivity contribution in [2.24, 2.45) is 0 Å². The Morgan fingerprint density at radius 1 is 1.50 bits per heavy atom. The maximum absolute atomic E-state index is 8.82. The number of thioether (sulfide) groups is 1.